The van der Waals surface area contributed by atoms with Crippen LogP contribution >= 0.6 is 0 Å². The van der Waals surface area contributed by atoms with Crippen molar-refractivity contribution in [3.8, 4) is 5.75 Å². The third-order valence-electron chi connectivity index (χ3n) is 2.58. The Kier molecular flexibility index (Phi) is 3.23. The molecule has 17 heavy (non-hydrogen) atoms. The van der Waals surface area contributed by atoms with Crippen molar-refractivity contribution in [1.82, 2.24) is 10.3 Å². The first-order valence-corrected chi connectivity index (χ1v) is 5.48. The molecular formula is C13H14N2O2. The summed E-state index contributed by atoms with van der Waals surface area (Å²) in [6.45, 7) is 2.08. The maximum Gasteiger partial charge on any atom is 0.216 e. The van der Waals surface area contributed by atoms with E-state index in [0.717, 1.165) is 22.9 Å². The fourth-order valence-corrected chi connectivity index (χ4v) is 1.78. The van der Waals surface area contributed by atoms with Crippen LogP contribution in [-0.2, 0) is 11.2 Å². The number of pyridine rings is 1. The molecule has 0 fully saturated rings. The molecule has 88 valence electrons. The second-order valence-electron chi connectivity index (χ2n) is 3.90. The smallest absolute Gasteiger partial charge is 0.216 e. The number of nitrogens with one attached hydrogen (secondary N) is 1. The Morgan fingerprint density at radius 1 is 1.41 bits per heavy atom. The first-order valence-electron chi connectivity index (χ1n) is 5.48. The van der Waals surface area contributed by atoms with E-state index in [1.807, 2.05) is 6.07 Å². The lowest BCUT2D eigenvalue weighted by Crippen LogP contribution is -2.22. The number of hydrogen-bond donors (Lipinski definition) is 2. The van der Waals surface area contributed by atoms with Crippen molar-refractivity contribution in [3.05, 3.63) is 36.0 Å². The predicted octanol–water partition coefficient (Wildman–Crippen LogP) is 1.62. The van der Waals surface area contributed by atoms with Gasteiger partial charge in [-0.05, 0) is 36.2 Å². The SMILES string of the molecule is CC(=O)NCCc1ccnc2ccc(O)cc12. The second kappa shape index (κ2) is 4.82. The number of amides is 1. The molecular weight excluding hydrogens is 216 g/mol. The molecule has 0 aliphatic carbocycles. The van der Waals surface area contributed by atoms with Crippen molar-refractivity contribution in [2.75, 3.05) is 6.54 Å². The molecule has 2 aromatic rings. The van der Waals surface area contributed by atoms with Gasteiger partial charge >= 0.3 is 0 Å². The average Bonchev–Trinajstić information content (AvgIpc) is 2.29. The molecule has 0 atom stereocenters. The Labute approximate surface area is 99.3 Å². The number of carbonyl (C=O) groups is 1. The summed E-state index contributed by atoms with van der Waals surface area (Å²) in [7, 11) is 0. The fraction of sp³-hybridized carbons (Fsp3) is 0.231. The van der Waals surface area contributed by atoms with Gasteiger partial charge in [0.15, 0.2) is 0 Å². The summed E-state index contributed by atoms with van der Waals surface area (Å²) < 4.78 is 0. The highest BCUT2D eigenvalue weighted by atomic mass is 16.3. The van der Waals surface area contributed by atoms with E-state index in [4.69, 9.17) is 0 Å². The number of fused-ring (bicyclic) bond motifs is 1. The highest BCUT2D eigenvalue weighted by molar-refractivity contribution is 5.83. The number of phenolic OH excluding ortho intramolecular Hbond substituents is 1. The van der Waals surface area contributed by atoms with Crippen LogP contribution in [0.25, 0.3) is 10.9 Å². The normalized spacial score (nSPS) is 10.4. The Balaban J connectivity index is 2.27. The molecule has 0 saturated heterocycles. The third-order valence-corrected chi connectivity index (χ3v) is 2.58. The van der Waals surface area contributed by atoms with Crippen LogP contribution in [0.4, 0.5) is 0 Å². The molecule has 0 bridgehead atoms. The number of hydrogen-bond acceptors (Lipinski definition) is 3. The quantitative estimate of drug-likeness (QED) is 0.842. The molecule has 0 aliphatic rings. The average molecular weight is 230 g/mol. The van der Waals surface area contributed by atoms with Gasteiger partial charge in [-0.15, -0.1) is 0 Å². The summed E-state index contributed by atoms with van der Waals surface area (Å²) in [5, 5.41) is 13.2. The maximum absolute atomic E-state index is 10.8. The minimum absolute atomic E-state index is 0.0359. The Morgan fingerprint density at radius 2 is 2.24 bits per heavy atom. The van der Waals surface area contributed by atoms with Crippen LogP contribution in [0.5, 0.6) is 5.75 Å². The summed E-state index contributed by atoms with van der Waals surface area (Å²) in [6, 6.07) is 7.01. The number of benzene rings is 1. The van der Waals surface area contributed by atoms with E-state index in [2.05, 4.69) is 10.3 Å². The lowest BCUT2D eigenvalue weighted by molar-refractivity contribution is -0.118. The van der Waals surface area contributed by atoms with Gasteiger partial charge in [0.2, 0.25) is 5.91 Å². The summed E-state index contributed by atoms with van der Waals surface area (Å²) in [5.74, 6) is 0.192. The van der Waals surface area contributed by atoms with Gasteiger partial charge in [-0.1, -0.05) is 0 Å². The Hall–Kier alpha value is -2.10. The van der Waals surface area contributed by atoms with E-state index in [0.29, 0.717) is 6.54 Å². The van der Waals surface area contributed by atoms with E-state index < -0.39 is 0 Å². The molecule has 1 heterocycles. The van der Waals surface area contributed by atoms with E-state index in [1.165, 1.54) is 6.92 Å². The van der Waals surface area contributed by atoms with Crippen molar-refractivity contribution in [3.63, 3.8) is 0 Å². The monoisotopic (exact) mass is 230 g/mol. The van der Waals surface area contributed by atoms with Gasteiger partial charge in [-0.2, -0.15) is 0 Å². The van der Waals surface area contributed by atoms with Gasteiger partial charge in [-0.3, -0.25) is 9.78 Å². The molecule has 1 amide bonds. The molecule has 4 heteroatoms. The van der Waals surface area contributed by atoms with Crippen molar-refractivity contribution in [2.45, 2.75) is 13.3 Å². The van der Waals surface area contributed by atoms with Crippen molar-refractivity contribution in [1.29, 1.82) is 0 Å². The van der Waals surface area contributed by atoms with Crippen LogP contribution in [0.3, 0.4) is 0 Å². The van der Waals surface area contributed by atoms with Crippen molar-refractivity contribution < 1.29 is 9.90 Å². The van der Waals surface area contributed by atoms with E-state index in [1.54, 1.807) is 24.4 Å². The predicted molar refractivity (Wildman–Crippen MR) is 65.8 cm³/mol. The van der Waals surface area contributed by atoms with Crippen LogP contribution < -0.4 is 5.32 Å². The summed E-state index contributed by atoms with van der Waals surface area (Å²) in [6.07, 6.45) is 2.46. The lowest BCUT2D eigenvalue weighted by atomic mass is 10.1. The summed E-state index contributed by atoms with van der Waals surface area (Å²) in [4.78, 5) is 15.0. The van der Waals surface area contributed by atoms with Gasteiger partial charge in [0, 0.05) is 25.1 Å². The summed E-state index contributed by atoms with van der Waals surface area (Å²) >= 11 is 0. The molecule has 0 unspecified atom stereocenters. The van der Waals surface area contributed by atoms with E-state index >= 15 is 0 Å². The minimum atomic E-state index is -0.0359. The third kappa shape index (κ3) is 2.72. The molecule has 4 nitrogen and oxygen atoms in total. The zero-order valence-corrected chi connectivity index (χ0v) is 9.60. The van der Waals surface area contributed by atoms with Crippen LogP contribution in [0, 0.1) is 0 Å². The maximum atomic E-state index is 10.8. The van der Waals surface area contributed by atoms with Gasteiger partial charge < -0.3 is 10.4 Å². The molecule has 2 rings (SSSR count). The Morgan fingerprint density at radius 3 is 3.00 bits per heavy atom. The first kappa shape index (κ1) is 11.4. The van der Waals surface area contributed by atoms with Crippen LogP contribution in [0.2, 0.25) is 0 Å². The Bertz CT molecular complexity index is 552. The topological polar surface area (TPSA) is 62.2 Å². The van der Waals surface area contributed by atoms with Gasteiger partial charge in [-0.25, -0.2) is 0 Å². The number of rotatable bonds is 3. The highest BCUT2D eigenvalue weighted by Gasteiger charge is 2.03. The van der Waals surface area contributed by atoms with Crippen LogP contribution in [0.1, 0.15) is 12.5 Å². The number of phenols is 1. The molecule has 0 spiro atoms. The van der Waals surface area contributed by atoms with Gasteiger partial charge in [0.05, 0.1) is 5.52 Å². The first-order chi connectivity index (χ1) is 8.16. The molecule has 1 aromatic heterocycles. The molecule has 0 aliphatic heterocycles. The minimum Gasteiger partial charge on any atom is -0.508 e. The number of carbonyl (C=O) groups excluding carboxylic acids is 1. The highest BCUT2D eigenvalue weighted by Crippen LogP contribution is 2.21. The standard InChI is InChI=1S/C13H14N2O2/c1-9(16)14-6-4-10-5-7-15-13-3-2-11(17)8-12(10)13/h2-3,5,7-8,17H,4,6H2,1H3,(H,14,16). The molecule has 0 saturated carbocycles. The van der Waals surface area contributed by atoms with E-state index in [9.17, 15) is 9.90 Å². The fourth-order valence-electron chi connectivity index (χ4n) is 1.78. The van der Waals surface area contributed by atoms with Crippen LogP contribution in [0.15, 0.2) is 30.5 Å². The van der Waals surface area contributed by atoms with E-state index in [-0.39, 0.29) is 11.7 Å². The number of aromatic hydroxyl groups is 1. The zero-order valence-electron chi connectivity index (χ0n) is 9.60. The van der Waals surface area contributed by atoms with Crippen molar-refractivity contribution >= 4 is 16.8 Å². The van der Waals surface area contributed by atoms with Crippen molar-refractivity contribution in [2.24, 2.45) is 0 Å². The number of aromatic nitrogens is 1. The molecule has 1 aromatic carbocycles. The second-order valence-corrected chi connectivity index (χ2v) is 3.90. The number of nitrogens with zero attached hydrogens (tertiary/aromatic N) is 1. The molecule has 0 radical (unpaired) electrons. The van der Waals surface area contributed by atoms with Crippen LogP contribution in [-0.4, -0.2) is 22.5 Å². The molecule has 2 N–H and O–H groups in total. The lowest BCUT2D eigenvalue weighted by Gasteiger charge is -2.06. The zero-order chi connectivity index (χ0) is 12.3. The summed E-state index contributed by atoms with van der Waals surface area (Å²) in [5.41, 5.74) is 1.92. The van der Waals surface area contributed by atoms with Gasteiger partial charge in [0.1, 0.15) is 5.75 Å². The largest absolute Gasteiger partial charge is 0.508 e. The van der Waals surface area contributed by atoms with Gasteiger partial charge in [0.25, 0.3) is 0 Å².